The Morgan fingerprint density at radius 3 is 2.29 bits per heavy atom. The number of rotatable bonds is 5. The van der Waals surface area contributed by atoms with Gasteiger partial charge < -0.3 is 10.1 Å². The maximum Gasteiger partial charge on any atom is 0.0719 e. The predicted molar refractivity (Wildman–Crippen MR) is 78.4 cm³/mol. The molecule has 1 N–H and O–H groups in total. The first-order valence-corrected chi connectivity index (χ1v) is 6.84. The number of ether oxygens (including phenoxy) is 1. The molecule has 0 aliphatic rings. The first-order chi connectivity index (χ1) is 7.85. The highest BCUT2D eigenvalue weighted by Gasteiger charge is 2.16. The van der Waals surface area contributed by atoms with Crippen molar-refractivity contribution in [2.75, 3.05) is 19.0 Å². The van der Waals surface area contributed by atoms with E-state index < -0.39 is 0 Å². The van der Waals surface area contributed by atoms with Gasteiger partial charge >= 0.3 is 0 Å². The number of nitrogens with one attached hydrogen (secondary N) is 1. The highest BCUT2D eigenvalue weighted by Crippen LogP contribution is 2.33. The van der Waals surface area contributed by atoms with Crippen molar-refractivity contribution in [3.63, 3.8) is 0 Å². The van der Waals surface area contributed by atoms with E-state index >= 15 is 0 Å². The van der Waals surface area contributed by atoms with Crippen molar-refractivity contribution < 1.29 is 4.74 Å². The minimum absolute atomic E-state index is 0.151. The van der Waals surface area contributed by atoms with Crippen molar-refractivity contribution in [1.82, 2.24) is 0 Å². The first-order valence-electron chi connectivity index (χ1n) is 5.29. The number of hydrogen-bond donors (Lipinski definition) is 1. The van der Waals surface area contributed by atoms with Crippen LogP contribution in [0, 0.1) is 0 Å². The van der Waals surface area contributed by atoms with E-state index in [1.165, 1.54) is 0 Å². The molecule has 1 rings (SSSR count). The molecule has 0 aromatic heterocycles. The van der Waals surface area contributed by atoms with Crippen molar-refractivity contribution in [3.05, 3.63) is 26.7 Å². The summed E-state index contributed by atoms with van der Waals surface area (Å²) in [6.45, 7) is 4.83. The van der Waals surface area contributed by atoms with Gasteiger partial charge in [-0.2, -0.15) is 0 Å². The number of anilines is 1. The van der Waals surface area contributed by atoms with Crippen LogP contribution in [0.2, 0.25) is 10.0 Å². The van der Waals surface area contributed by atoms with E-state index in [0.29, 0.717) is 10.0 Å². The summed E-state index contributed by atoms with van der Waals surface area (Å²) in [5.41, 5.74) is 0.616. The van der Waals surface area contributed by atoms with Crippen LogP contribution in [0.4, 0.5) is 5.69 Å². The summed E-state index contributed by atoms with van der Waals surface area (Å²) in [6.07, 6.45) is 0.867. The first kappa shape index (κ1) is 15.1. The normalized spacial score (nSPS) is 11.6. The van der Waals surface area contributed by atoms with E-state index in [2.05, 4.69) is 21.2 Å². The summed E-state index contributed by atoms with van der Waals surface area (Å²) in [6, 6.07) is 3.63. The zero-order valence-corrected chi connectivity index (χ0v) is 13.2. The minimum Gasteiger partial charge on any atom is -0.383 e. The van der Waals surface area contributed by atoms with Gasteiger partial charge in [0.2, 0.25) is 0 Å². The van der Waals surface area contributed by atoms with E-state index in [-0.39, 0.29) is 5.60 Å². The topological polar surface area (TPSA) is 21.3 Å². The maximum atomic E-state index is 6.11. The summed E-state index contributed by atoms with van der Waals surface area (Å²) in [4.78, 5) is 0. The Bertz CT molecular complexity index is 373. The molecule has 1 aromatic rings. The van der Waals surface area contributed by atoms with Gasteiger partial charge in [-0.25, -0.2) is 0 Å². The second-order valence-corrected chi connectivity index (χ2v) is 6.12. The van der Waals surface area contributed by atoms with Crippen molar-refractivity contribution in [3.8, 4) is 0 Å². The van der Waals surface area contributed by atoms with Crippen LogP contribution in [0.5, 0.6) is 0 Å². The van der Waals surface area contributed by atoms with Gasteiger partial charge in [0.25, 0.3) is 0 Å². The van der Waals surface area contributed by atoms with Crippen LogP contribution in [-0.4, -0.2) is 19.3 Å². The van der Waals surface area contributed by atoms with Gasteiger partial charge in [-0.15, -0.1) is 0 Å². The molecule has 0 aliphatic heterocycles. The van der Waals surface area contributed by atoms with Crippen LogP contribution in [0.15, 0.2) is 16.6 Å². The SMILES string of the molecule is COC(C)(C)CCNc1c(Cl)cc(Br)cc1Cl. The average molecular weight is 341 g/mol. The molecule has 0 atom stereocenters. The summed E-state index contributed by atoms with van der Waals surface area (Å²) in [5, 5.41) is 4.46. The Kier molecular flexibility index (Phi) is 5.58. The Morgan fingerprint density at radius 1 is 1.29 bits per heavy atom. The molecule has 0 bridgehead atoms. The van der Waals surface area contributed by atoms with Crippen LogP contribution in [-0.2, 0) is 4.74 Å². The molecule has 2 nitrogen and oxygen atoms in total. The molecule has 0 fully saturated rings. The zero-order chi connectivity index (χ0) is 13.1. The van der Waals surface area contributed by atoms with Crippen LogP contribution < -0.4 is 5.32 Å². The van der Waals surface area contributed by atoms with E-state index in [9.17, 15) is 0 Å². The highest BCUT2D eigenvalue weighted by atomic mass is 79.9. The van der Waals surface area contributed by atoms with Gasteiger partial charge in [0.1, 0.15) is 0 Å². The monoisotopic (exact) mass is 339 g/mol. The van der Waals surface area contributed by atoms with Crippen LogP contribution >= 0.6 is 39.1 Å². The van der Waals surface area contributed by atoms with Gasteiger partial charge in [0, 0.05) is 18.1 Å². The summed E-state index contributed by atoms with van der Waals surface area (Å²) >= 11 is 15.6. The molecule has 0 amide bonds. The molecule has 5 heteroatoms. The molecule has 96 valence electrons. The smallest absolute Gasteiger partial charge is 0.0719 e. The van der Waals surface area contributed by atoms with E-state index in [1.54, 1.807) is 7.11 Å². The third-order valence-corrected chi connectivity index (χ3v) is 3.64. The summed E-state index contributed by atoms with van der Waals surface area (Å²) in [5.74, 6) is 0. The number of benzene rings is 1. The number of hydrogen-bond acceptors (Lipinski definition) is 2. The average Bonchev–Trinajstić information content (AvgIpc) is 2.22. The van der Waals surface area contributed by atoms with E-state index in [1.807, 2.05) is 26.0 Å². The number of methoxy groups -OCH3 is 1. The third kappa shape index (κ3) is 4.66. The molecule has 0 radical (unpaired) electrons. The molecule has 1 aromatic carbocycles. The van der Waals surface area contributed by atoms with Crippen molar-refractivity contribution >= 4 is 44.8 Å². The van der Waals surface area contributed by atoms with E-state index in [0.717, 1.165) is 23.1 Å². The molecule has 0 saturated heterocycles. The Labute approximate surface area is 121 Å². The van der Waals surface area contributed by atoms with Gasteiger partial charge in [-0.1, -0.05) is 39.1 Å². The predicted octanol–water partition coefficient (Wildman–Crippen LogP) is 4.98. The maximum absolute atomic E-state index is 6.11. The molecule has 17 heavy (non-hydrogen) atoms. The lowest BCUT2D eigenvalue weighted by molar-refractivity contribution is 0.0185. The van der Waals surface area contributed by atoms with Crippen LogP contribution in [0.25, 0.3) is 0 Å². The van der Waals surface area contributed by atoms with Gasteiger partial charge in [0.15, 0.2) is 0 Å². The van der Waals surface area contributed by atoms with Crippen molar-refractivity contribution in [1.29, 1.82) is 0 Å². The molecular formula is C12H16BrCl2NO. The standard InChI is InChI=1S/C12H16BrCl2NO/c1-12(2,17-3)4-5-16-11-9(14)6-8(13)7-10(11)15/h6-7,16H,4-5H2,1-3H3. The lowest BCUT2D eigenvalue weighted by Gasteiger charge is -2.23. The largest absolute Gasteiger partial charge is 0.383 e. The second-order valence-electron chi connectivity index (χ2n) is 4.39. The molecule has 0 heterocycles. The Balaban J connectivity index is 2.64. The quantitative estimate of drug-likeness (QED) is 0.815. The lowest BCUT2D eigenvalue weighted by atomic mass is 10.1. The van der Waals surface area contributed by atoms with Gasteiger partial charge in [-0.05, 0) is 32.4 Å². The third-order valence-electron chi connectivity index (χ3n) is 2.59. The molecular weight excluding hydrogens is 325 g/mol. The van der Waals surface area contributed by atoms with Crippen LogP contribution in [0.1, 0.15) is 20.3 Å². The Hall–Kier alpha value is 0.0400. The van der Waals surface area contributed by atoms with Gasteiger partial charge in [-0.3, -0.25) is 0 Å². The highest BCUT2D eigenvalue weighted by molar-refractivity contribution is 9.10. The van der Waals surface area contributed by atoms with E-state index in [4.69, 9.17) is 27.9 Å². The molecule has 0 unspecified atom stereocenters. The molecule has 0 spiro atoms. The fourth-order valence-electron chi connectivity index (χ4n) is 1.30. The summed E-state index contributed by atoms with van der Waals surface area (Å²) in [7, 11) is 1.71. The summed E-state index contributed by atoms with van der Waals surface area (Å²) < 4.78 is 6.21. The zero-order valence-electron chi connectivity index (χ0n) is 10.1. The Morgan fingerprint density at radius 2 is 1.82 bits per heavy atom. The number of halogens is 3. The van der Waals surface area contributed by atoms with Crippen molar-refractivity contribution in [2.45, 2.75) is 25.9 Å². The minimum atomic E-state index is -0.151. The van der Waals surface area contributed by atoms with Crippen molar-refractivity contribution in [2.24, 2.45) is 0 Å². The fraction of sp³-hybridized carbons (Fsp3) is 0.500. The fourth-order valence-corrected chi connectivity index (χ4v) is 2.64. The molecule has 0 saturated carbocycles. The lowest BCUT2D eigenvalue weighted by Crippen LogP contribution is -2.25. The molecule has 0 aliphatic carbocycles. The van der Waals surface area contributed by atoms with Gasteiger partial charge in [0.05, 0.1) is 21.3 Å². The van der Waals surface area contributed by atoms with Crippen LogP contribution in [0.3, 0.4) is 0 Å². The second kappa shape index (κ2) is 6.28.